The van der Waals surface area contributed by atoms with Crippen LogP contribution in [0, 0.1) is 5.82 Å². The first-order valence-electron chi connectivity index (χ1n) is 11.0. The van der Waals surface area contributed by atoms with Crippen molar-refractivity contribution < 1.29 is 9.18 Å². The van der Waals surface area contributed by atoms with Crippen LogP contribution >= 0.6 is 0 Å². The van der Waals surface area contributed by atoms with Gasteiger partial charge in [-0.1, -0.05) is 60.7 Å². The molecule has 0 saturated carbocycles. The number of carbonyl (C=O) groups is 1. The van der Waals surface area contributed by atoms with Crippen molar-refractivity contribution in [3.63, 3.8) is 0 Å². The highest BCUT2D eigenvalue weighted by atomic mass is 19.1. The molecule has 1 fully saturated rings. The minimum atomic E-state index is -0.447. The van der Waals surface area contributed by atoms with Crippen LogP contribution in [0.5, 0.6) is 0 Å². The summed E-state index contributed by atoms with van der Waals surface area (Å²) < 4.78 is 14.2. The third kappa shape index (κ3) is 3.96. The van der Waals surface area contributed by atoms with Gasteiger partial charge in [0.1, 0.15) is 11.9 Å². The van der Waals surface area contributed by atoms with Crippen molar-refractivity contribution in [3.05, 3.63) is 96.3 Å². The van der Waals surface area contributed by atoms with Crippen molar-refractivity contribution in [2.75, 3.05) is 36.0 Å². The van der Waals surface area contributed by atoms with Crippen LogP contribution in [0.1, 0.15) is 5.56 Å². The molecule has 0 aromatic heterocycles. The molecule has 3 aromatic rings. The molecule has 5 nitrogen and oxygen atoms in total. The zero-order valence-corrected chi connectivity index (χ0v) is 17.8. The molecule has 0 bridgehead atoms. The van der Waals surface area contributed by atoms with E-state index < -0.39 is 6.04 Å². The van der Waals surface area contributed by atoms with E-state index in [1.807, 2.05) is 72.8 Å². The smallest absolute Gasteiger partial charge is 0.259 e. The number of anilines is 2. The molecule has 6 heteroatoms. The Morgan fingerprint density at radius 1 is 0.781 bits per heavy atom. The Kier molecular flexibility index (Phi) is 5.58. The van der Waals surface area contributed by atoms with Gasteiger partial charge in [-0.05, 0) is 29.8 Å². The predicted octanol–water partition coefficient (Wildman–Crippen LogP) is 3.96. The van der Waals surface area contributed by atoms with Gasteiger partial charge in [0.15, 0.2) is 0 Å². The van der Waals surface area contributed by atoms with E-state index in [-0.39, 0.29) is 11.7 Å². The zero-order chi connectivity index (χ0) is 21.9. The van der Waals surface area contributed by atoms with Crippen LogP contribution in [0.4, 0.5) is 15.8 Å². The quantitative estimate of drug-likeness (QED) is 0.632. The maximum atomic E-state index is 14.2. The first kappa shape index (κ1) is 20.2. The van der Waals surface area contributed by atoms with Crippen molar-refractivity contribution in [2.24, 2.45) is 4.99 Å². The largest absolute Gasteiger partial charge is 0.366 e. The molecule has 1 atom stereocenters. The van der Waals surface area contributed by atoms with E-state index in [0.29, 0.717) is 44.2 Å². The van der Waals surface area contributed by atoms with E-state index in [1.54, 1.807) is 11.0 Å². The Bertz CT molecular complexity index is 1110. The fourth-order valence-corrected chi connectivity index (χ4v) is 4.37. The van der Waals surface area contributed by atoms with Crippen LogP contribution in [0.2, 0.25) is 0 Å². The van der Waals surface area contributed by atoms with Crippen molar-refractivity contribution >= 4 is 23.2 Å². The first-order valence-corrected chi connectivity index (χ1v) is 11.0. The Balaban J connectivity index is 1.39. The molecule has 32 heavy (non-hydrogen) atoms. The number of nitrogens with zero attached hydrogens (tertiary/aromatic N) is 4. The maximum absolute atomic E-state index is 14.2. The van der Waals surface area contributed by atoms with Gasteiger partial charge in [-0.15, -0.1) is 0 Å². The SMILES string of the molecule is O=C1C(Cc2ccccc2)N=C(N2CCN(c3ccccc3F)CC2)N1c1ccccc1. The third-order valence-corrected chi connectivity index (χ3v) is 6.02. The van der Waals surface area contributed by atoms with Gasteiger partial charge in [0.05, 0.1) is 11.4 Å². The number of amides is 1. The highest BCUT2D eigenvalue weighted by Crippen LogP contribution is 2.27. The minimum Gasteiger partial charge on any atom is -0.366 e. The minimum absolute atomic E-state index is 0.00779. The van der Waals surface area contributed by atoms with E-state index in [4.69, 9.17) is 4.99 Å². The van der Waals surface area contributed by atoms with Crippen LogP contribution < -0.4 is 9.80 Å². The first-order chi connectivity index (χ1) is 15.7. The number of piperazine rings is 1. The van der Waals surface area contributed by atoms with Crippen LogP contribution in [-0.4, -0.2) is 49.0 Å². The van der Waals surface area contributed by atoms with E-state index >= 15 is 0 Å². The maximum Gasteiger partial charge on any atom is 0.259 e. The molecule has 3 aromatic carbocycles. The molecule has 0 radical (unpaired) electrons. The van der Waals surface area contributed by atoms with Gasteiger partial charge in [-0.3, -0.25) is 4.79 Å². The van der Waals surface area contributed by atoms with Gasteiger partial charge in [0, 0.05) is 32.6 Å². The highest BCUT2D eigenvalue weighted by Gasteiger charge is 2.39. The fourth-order valence-electron chi connectivity index (χ4n) is 4.37. The summed E-state index contributed by atoms with van der Waals surface area (Å²) in [6, 6.07) is 26.1. The summed E-state index contributed by atoms with van der Waals surface area (Å²) in [6.07, 6.45) is 0.571. The molecule has 1 amide bonds. The van der Waals surface area contributed by atoms with Crippen LogP contribution in [-0.2, 0) is 11.2 Å². The van der Waals surface area contributed by atoms with Crippen molar-refractivity contribution in [1.82, 2.24) is 4.90 Å². The summed E-state index contributed by atoms with van der Waals surface area (Å²) in [6.45, 7) is 2.67. The highest BCUT2D eigenvalue weighted by molar-refractivity contribution is 6.22. The second-order valence-electron chi connectivity index (χ2n) is 8.07. The Hall–Kier alpha value is -3.67. The normalized spacial score (nSPS) is 18.8. The van der Waals surface area contributed by atoms with Gasteiger partial charge < -0.3 is 9.80 Å². The summed E-state index contributed by atoms with van der Waals surface area (Å²) in [4.78, 5) is 24.2. The summed E-state index contributed by atoms with van der Waals surface area (Å²) in [7, 11) is 0. The van der Waals surface area contributed by atoms with Gasteiger partial charge in [-0.25, -0.2) is 14.3 Å². The molecule has 162 valence electrons. The molecule has 0 N–H and O–H groups in total. The van der Waals surface area contributed by atoms with Crippen LogP contribution in [0.25, 0.3) is 0 Å². The summed E-state index contributed by atoms with van der Waals surface area (Å²) in [5.74, 6) is 0.477. The van der Waals surface area contributed by atoms with Crippen molar-refractivity contribution in [3.8, 4) is 0 Å². The van der Waals surface area contributed by atoms with E-state index in [9.17, 15) is 9.18 Å². The van der Waals surface area contributed by atoms with Crippen molar-refractivity contribution in [2.45, 2.75) is 12.5 Å². The molecule has 0 aliphatic carbocycles. The van der Waals surface area contributed by atoms with Gasteiger partial charge >= 0.3 is 0 Å². The number of hydrogen-bond donors (Lipinski definition) is 0. The van der Waals surface area contributed by atoms with E-state index in [1.165, 1.54) is 6.07 Å². The number of carbonyl (C=O) groups excluding carboxylic acids is 1. The molecule has 1 saturated heterocycles. The standard InChI is InChI=1S/C26H25FN4O/c27-22-13-7-8-14-24(22)29-15-17-30(18-16-29)26-28-23(19-20-9-3-1-4-10-20)25(32)31(26)21-11-5-2-6-12-21/h1-14,23H,15-19H2. The number of rotatable bonds is 4. The summed E-state index contributed by atoms with van der Waals surface area (Å²) in [5, 5.41) is 0. The molecule has 2 heterocycles. The summed E-state index contributed by atoms with van der Waals surface area (Å²) in [5.41, 5.74) is 2.54. The molecular formula is C26H25FN4O. The van der Waals surface area contributed by atoms with Crippen LogP contribution in [0.15, 0.2) is 89.9 Å². The monoisotopic (exact) mass is 428 g/mol. The molecule has 2 aliphatic heterocycles. The molecule has 1 unspecified atom stereocenters. The lowest BCUT2D eigenvalue weighted by Gasteiger charge is -2.38. The molecule has 0 spiro atoms. The Morgan fingerprint density at radius 2 is 1.38 bits per heavy atom. The van der Waals surface area contributed by atoms with Gasteiger partial charge in [0.2, 0.25) is 5.96 Å². The predicted molar refractivity (Wildman–Crippen MR) is 125 cm³/mol. The molecule has 2 aliphatic rings. The second-order valence-corrected chi connectivity index (χ2v) is 8.07. The topological polar surface area (TPSA) is 39.2 Å². The summed E-state index contributed by atoms with van der Waals surface area (Å²) >= 11 is 0. The van der Waals surface area contributed by atoms with Gasteiger partial charge in [-0.2, -0.15) is 0 Å². The second kappa shape index (κ2) is 8.83. The lowest BCUT2D eigenvalue weighted by Crippen LogP contribution is -2.53. The lowest BCUT2D eigenvalue weighted by molar-refractivity contribution is -0.118. The average Bonchev–Trinajstić information content (AvgIpc) is 3.16. The number of guanidine groups is 1. The number of aliphatic imine (C=N–C) groups is 1. The van der Waals surface area contributed by atoms with E-state index in [0.717, 1.165) is 11.3 Å². The molecule has 5 rings (SSSR count). The number of hydrogen-bond acceptors (Lipinski definition) is 4. The number of para-hydroxylation sites is 2. The average molecular weight is 429 g/mol. The lowest BCUT2D eigenvalue weighted by atomic mass is 10.1. The Morgan fingerprint density at radius 3 is 2.06 bits per heavy atom. The Labute approximate surface area is 187 Å². The zero-order valence-electron chi connectivity index (χ0n) is 17.8. The number of halogens is 1. The fraction of sp³-hybridized carbons (Fsp3) is 0.231. The number of benzene rings is 3. The van der Waals surface area contributed by atoms with E-state index in [2.05, 4.69) is 9.80 Å². The van der Waals surface area contributed by atoms with Gasteiger partial charge in [0.25, 0.3) is 5.91 Å². The molecular weight excluding hydrogens is 403 g/mol. The van der Waals surface area contributed by atoms with Crippen molar-refractivity contribution in [1.29, 1.82) is 0 Å². The third-order valence-electron chi connectivity index (χ3n) is 6.02. The van der Waals surface area contributed by atoms with Crippen LogP contribution in [0.3, 0.4) is 0 Å².